The molecule has 4 aliphatic carbocycles. The Morgan fingerprint density at radius 2 is 1.62 bits per heavy atom. The summed E-state index contributed by atoms with van der Waals surface area (Å²) in [5.41, 5.74) is 5.08. The van der Waals surface area contributed by atoms with Gasteiger partial charge in [0.2, 0.25) is 0 Å². The third-order valence-electron chi connectivity index (χ3n) is 13.2. The number of hydrogen-bond donors (Lipinski definition) is 0. The molecule has 4 aliphatic rings. The summed E-state index contributed by atoms with van der Waals surface area (Å²) < 4.78 is 27.3. The lowest BCUT2D eigenvalue weighted by Crippen LogP contribution is -2.56. The van der Waals surface area contributed by atoms with Crippen LogP contribution in [0.1, 0.15) is 127 Å². The zero-order valence-corrected chi connectivity index (χ0v) is 35.3. The maximum absolute atomic E-state index is 13.4. The fraction of sp³-hybridized carbons (Fsp3) is 0.780. The lowest BCUT2D eigenvalue weighted by atomic mass is 9.64. The highest BCUT2D eigenvalue weighted by Gasteiger charge is 2.52. The molecule has 5 nitrogen and oxygen atoms in total. The molecule has 4 atom stereocenters. The van der Waals surface area contributed by atoms with Gasteiger partial charge in [-0.05, 0) is 123 Å². The summed E-state index contributed by atoms with van der Waals surface area (Å²) in [6, 6.07) is 0. The van der Waals surface area contributed by atoms with Crippen molar-refractivity contribution in [1.82, 2.24) is 0 Å². The molecule has 0 amide bonds. The lowest BCUT2D eigenvalue weighted by molar-refractivity contribution is -0.219. The fourth-order valence-electron chi connectivity index (χ4n) is 7.77. The van der Waals surface area contributed by atoms with Crippen molar-refractivity contribution >= 4 is 22.6 Å². The summed E-state index contributed by atoms with van der Waals surface area (Å²) in [5, 5.41) is -0.0233. The number of carbonyl (C=O) groups is 1. The van der Waals surface area contributed by atoms with Crippen LogP contribution in [0.5, 0.6) is 0 Å². The minimum absolute atomic E-state index is 0.0254. The number of esters is 1. The number of hydrogen-bond acceptors (Lipinski definition) is 5. The van der Waals surface area contributed by atoms with Crippen LogP contribution in [0.2, 0.25) is 36.3 Å². The minimum Gasteiger partial charge on any atom is -0.458 e. The van der Waals surface area contributed by atoms with Crippen molar-refractivity contribution in [3.63, 3.8) is 0 Å². The van der Waals surface area contributed by atoms with Gasteiger partial charge in [-0.3, -0.25) is 0 Å². The first-order chi connectivity index (χ1) is 21.9. The molecule has 7 heteroatoms. The molecule has 0 spiro atoms. The standard InChI is InChI=1S/C41H70O5Si2/c1-16-32-23-24-34-30(18-17-25-40(32,34)11)19-20-31-26-41(46-48(14,15)38(6,7)8,43-28-36(42)44-39(9,10)33-21-22-33)27-35(29(31)2)45-47(12,13)37(3,4)5/h19-20,23,33-35H,2,16-18,21-22,24-28H2,1,3-15H3/t34-,35-,40+,41+/m0/s1. The zero-order valence-electron chi connectivity index (χ0n) is 33.3. The predicted molar refractivity (Wildman–Crippen MR) is 205 cm³/mol. The van der Waals surface area contributed by atoms with Crippen LogP contribution in [0.15, 0.2) is 47.1 Å². The molecule has 3 saturated carbocycles. The Kier molecular flexibility index (Phi) is 11.3. The summed E-state index contributed by atoms with van der Waals surface area (Å²) >= 11 is 0. The highest BCUT2D eigenvalue weighted by Crippen LogP contribution is 2.56. The maximum Gasteiger partial charge on any atom is 0.332 e. The largest absolute Gasteiger partial charge is 0.458 e. The molecule has 272 valence electrons. The fourth-order valence-corrected chi connectivity index (χ4v) is 10.5. The van der Waals surface area contributed by atoms with Crippen LogP contribution in [0.25, 0.3) is 0 Å². The molecule has 0 aromatic heterocycles. The quantitative estimate of drug-likeness (QED) is 0.0930. The molecule has 0 radical (unpaired) electrons. The Balaban J connectivity index is 1.74. The van der Waals surface area contributed by atoms with E-state index < -0.39 is 28.0 Å². The average Bonchev–Trinajstić information content (AvgIpc) is 3.74. The third-order valence-corrected chi connectivity index (χ3v) is 22.2. The molecule has 0 saturated heterocycles. The second-order valence-electron chi connectivity index (χ2n) is 19.3. The second-order valence-corrected chi connectivity index (χ2v) is 28.7. The normalized spacial score (nSPS) is 30.9. The van der Waals surface area contributed by atoms with Crippen LogP contribution < -0.4 is 0 Å². The molecule has 3 fully saturated rings. The van der Waals surface area contributed by atoms with E-state index >= 15 is 0 Å². The van der Waals surface area contributed by atoms with Gasteiger partial charge in [0.05, 0.1) is 6.10 Å². The van der Waals surface area contributed by atoms with Crippen molar-refractivity contribution in [3.8, 4) is 0 Å². The summed E-state index contributed by atoms with van der Waals surface area (Å²) in [4.78, 5) is 13.4. The molecule has 4 rings (SSSR count). The molecule has 0 aliphatic heterocycles. The van der Waals surface area contributed by atoms with Crippen LogP contribution in [0, 0.1) is 17.3 Å². The Morgan fingerprint density at radius 1 is 1.00 bits per heavy atom. The number of allylic oxidation sites excluding steroid dienone is 5. The summed E-state index contributed by atoms with van der Waals surface area (Å²) in [7, 11) is -4.56. The zero-order chi connectivity index (χ0) is 36.1. The van der Waals surface area contributed by atoms with Gasteiger partial charge in [0, 0.05) is 12.8 Å². The Labute approximate surface area is 296 Å². The maximum atomic E-state index is 13.4. The summed E-state index contributed by atoms with van der Waals surface area (Å²) in [6.07, 6.45) is 16.1. The minimum atomic E-state index is -2.36. The summed E-state index contributed by atoms with van der Waals surface area (Å²) in [6.45, 7) is 36.1. The van der Waals surface area contributed by atoms with E-state index in [4.69, 9.17) is 24.9 Å². The number of fused-ring (bicyclic) bond motifs is 1. The molecule has 0 aromatic carbocycles. The molecule has 0 aromatic rings. The average molecular weight is 699 g/mol. The number of ether oxygens (including phenoxy) is 2. The van der Waals surface area contributed by atoms with Gasteiger partial charge in [0.1, 0.15) is 12.2 Å². The van der Waals surface area contributed by atoms with Gasteiger partial charge in [-0.15, -0.1) is 0 Å². The van der Waals surface area contributed by atoms with E-state index in [0.717, 1.165) is 43.3 Å². The summed E-state index contributed by atoms with van der Waals surface area (Å²) in [5.74, 6) is -0.378. The van der Waals surface area contributed by atoms with Crippen molar-refractivity contribution in [3.05, 3.63) is 47.1 Å². The van der Waals surface area contributed by atoms with Gasteiger partial charge in [-0.1, -0.05) is 91.3 Å². The van der Waals surface area contributed by atoms with Crippen molar-refractivity contribution in [2.24, 2.45) is 17.3 Å². The highest BCUT2D eigenvalue weighted by molar-refractivity contribution is 6.74. The van der Waals surface area contributed by atoms with E-state index in [-0.39, 0.29) is 34.2 Å². The molecular weight excluding hydrogens is 629 g/mol. The molecule has 0 unspecified atom stereocenters. The van der Waals surface area contributed by atoms with E-state index in [0.29, 0.717) is 24.7 Å². The van der Waals surface area contributed by atoms with E-state index in [9.17, 15) is 4.79 Å². The molecule has 0 N–H and O–H groups in total. The van der Waals surface area contributed by atoms with Gasteiger partial charge in [0.15, 0.2) is 22.4 Å². The van der Waals surface area contributed by atoms with Crippen molar-refractivity contribution in [2.45, 2.75) is 181 Å². The van der Waals surface area contributed by atoms with Gasteiger partial charge >= 0.3 is 5.97 Å². The van der Waals surface area contributed by atoms with Crippen molar-refractivity contribution in [1.29, 1.82) is 0 Å². The van der Waals surface area contributed by atoms with E-state index in [1.807, 2.05) is 13.8 Å². The Hall–Kier alpha value is -1.26. The predicted octanol–water partition coefficient (Wildman–Crippen LogP) is 11.6. The van der Waals surface area contributed by atoms with Crippen molar-refractivity contribution < 1.29 is 23.1 Å². The van der Waals surface area contributed by atoms with Gasteiger partial charge in [-0.25, -0.2) is 4.79 Å². The van der Waals surface area contributed by atoms with Gasteiger partial charge in [0.25, 0.3) is 0 Å². The van der Waals surface area contributed by atoms with Gasteiger partial charge in [-0.2, -0.15) is 0 Å². The SMILES string of the molecule is C=C1C(=CC=C2CCC[C@]3(C)C(CC)=CC[C@@H]23)C[C@@](OCC(=O)OC(C)(C)C2CC2)(O[Si](C)(C)C(C)(C)C)C[C@@H]1O[Si](C)(C)C(C)(C)C. The topological polar surface area (TPSA) is 54.0 Å². The molecular formula is C41H70O5Si2. The van der Waals surface area contributed by atoms with Crippen LogP contribution >= 0.6 is 0 Å². The first kappa shape index (κ1) is 39.5. The Morgan fingerprint density at radius 3 is 2.19 bits per heavy atom. The van der Waals surface area contributed by atoms with Crippen LogP contribution in [-0.4, -0.2) is 46.7 Å². The smallest absolute Gasteiger partial charge is 0.332 e. The first-order valence-electron chi connectivity index (χ1n) is 18.9. The molecule has 48 heavy (non-hydrogen) atoms. The Bertz CT molecular complexity index is 1320. The van der Waals surface area contributed by atoms with Crippen LogP contribution in [0.3, 0.4) is 0 Å². The number of carbonyl (C=O) groups excluding carboxylic acids is 1. The van der Waals surface area contributed by atoms with Crippen LogP contribution in [-0.2, 0) is 23.1 Å². The highest BCUT2D eigenvalue weighted by atomic mass is 28.4. The first-order valence-corrected chi connectivity index (χ1v) is 24.7. The lowest BCUT2D eigenvalue weighted by Gasteiger charge is -2.51. The third kappa shape index (κ3) is 8.44. The van der Waals surface area contributed by atoms with Gasteiger partial charge < -0.3 is 18.3 Å². The molecule has 0 bridgehead atoms. The van der Waals surface area contributed by atoms with E-state index in [2.05, 4.69) is 99.8 Å². The van der Waals surface area contributed by atoms with Crippen LogP contribution in [0.4, 0.5) is 0 Å². The monoisotopic (exact) mass is 698 g/mol. The number of rotatable bonds is 11. The van der Waals surface area contributed by atoms with E-state index in [1.54, 1.807) is 11.1 Å². The molecule has 0 heterocycles. The van der Waals surface area contributed by atoms with Crippen molar-refractivity contribution in [2.75, 3.05) is 6.61 Å². The van der Waals surface area contributed by atoms with E-state index in [1.165, 1.54) is 12.8 Å². The second kappa shape index (κ2) is 13.7.